The molecule has 0 aliphatic carbocycles. The Bertz CT molecular complexity index is 1070. The van der Waals surface area contributed by atoms with Crippen LogP contribution in [0.3, 0.4) is 0 Å². The van der Waals surface area contributed by atoms with Crippen molar-refractivity contribution < 1.29 is 19.2 Å². The van der Waals surface area contributed by atoms with Crippen LogP contribution in [0.5, 0.6) is 0 Å². The van der Waals surface area contributed by atoms with E-state index in [4.69, 9.17) is 11.6 Å². The van der Waals surface area contributed by atoms with Gasteiger partial charge in [-0.3, -0.25) is 24.1 Å². The van der Waals surface area contributed by atoms with Crippen LogP contribution in [0.4, 0.5) is 5.82 Å². The molecule has 11 nitrogen and oxygen atoms in total. The van der Waals surface area contributed by atoms with E-state index in [2.05, 4.69) is 30.8 Å². The van der Waals surface area contributed by atoms with Gasteiger partial charge < -0.3 is 20.9 Å². The van der Waals surface area contributed by atoms with Crippen molar-refractivity contribution in [1.29, 1.82) is 0 Å². The summed E-state index contributed by atoms with van der Waals surface area (Å²) in [5, 5.41) is 7.65. The van der Waals surface area contributed by atoms with Crippen LogP contribution in [0.2, 0.25) is 5.02 Å². The van der Waals surface area contributed by atoms with Gasteiger partial charge >= 0.3 is 11.8 Å². The molecule has 3 rings (SSSR count). The quantitative estimate of drug-likeness (QED) is 0.503. The molecule has 12 heteroatoms. The number of amides is 4. The fourth-order valence-electron chi connectivity index (χ4n) is 3.18. The molecule has 3 N–H and O–H groups in total. The predicted octanol–water partition coefficient (Wildman–Crippen LogP) is 0.0169. The lowest BCUT2D eigenvalue weighted by molar-refractivity contribution is -0.136. The van der Waals surface area contributed by atoms with E-state index in [1.807, 2.05) is 13.1 Å². The van der Waals surface area contributed by atoms with Crippen molar-refractivity contribution in [3.63, 3.8) is 0 Å². The summed E-state index contributed by atoms with van der Waals surface area (Å²) in [6, 6.07) is 5.27. The first-order valence-electron chi connectivity index (χ1n) is 10.0. The molecule has 0 saturated heterocycles. The lowest BCUT2D eigenvalue weighted by Crippen LogP contribution is -2.53. The molecule has 33 heavy (non-hydrogen) atoms. The van der Waals surface area contributed by atoms with E-state index < -0.39 is 29.7 Å². The Balaban J connectivity index is 1.62. The van der Waals surface area contributed by atoms with Gasteiger partial charge in [-0.2, -0.15) is 0 Å². The highest BCUT2D eigenvalue weighted by molar-refractivity contribution is 6.39. The zero-order valence-corrected chi connectivity index (χ0v) is 19.1. The SMILES string of the molecule is CN1Cc2ccc(C(=O)NC(CNC(=O)C(=O)Nc3ccc(Cl)cn3)C(=O)N(C)C)nc2C1. The van der Waals surface area contributed by atoms with Gasteiger partial charge in [0.1, 0.15) is 17.6 Å². The van der Waals surface area contributed by atoms with Crippen LogP contribution in [0.1, 0.15) is 21.7 Å². The summed E-state index contributed by atoms with van der Waals surface area (Å²) < 4.78 is 0. The third kappa shape index (κ3) is 6.24. The van der Waals surface area contributed by atoms with Gasteiger partial charge in [0.2, 0.25) is 5.91 Å². The first-order chi connectivity index (χ1) is 15.6. The molecule has 1 aliphatic rings. The minimum Gasteiger partial charge on any atom is -0.347 e. The number of pyridine rings is 2. The Labute approximate surface area is 195 Å². The van der Waals surface area contributed by atoms with E-state index in [-0.39, 0.29) is 18.1 Å². The van der Waals surface area contributed by atoms with Gasteiger partial charge in [-0.1, -0.05) is 17.7 Å². The van der Waals surface area contributed by atoms with Crippen LogP contribution in [-0.4, -0.2) is 77.1 Å². The number of rotatable bonds is 6. The molecule has 2 aromatic heterocycles. The average molecular weight is 474 g/mol. The van der Waals surface area contributed by atoms with Crippen LogP contribution in [0, 0.1) is 0 Å². The predicted molar refractivity (Wildman–Crippen MR) is 120 cm³/mol. The lowest BCUT2D eigenvalue weighted by Gasteiger charge is -2.22. The number of carbonyl (C=O) groups excluding carboxylic acids is 4. The molecule has 1 aliphatic heterocycles. The Morgan fingerprint density at radius 3 is 2.55 bits per heavy atom. The van der Waals surface area contributed by atoms with Crippen LogP contribution in [-0.2, 0) is 27.5 Å². The molecule has 0 aromatic carbocycles. The van der Waals surface area contributed by atoms with E-state index in [0.29, 0.717) is 11.6 Å². The van der Waals surface area contributed by atoms with Crippen LogP contribution in [0.15, 0.2) is 30.5 Å². The third-order valence-electron chi connectivity index (χ3n) is 4.85. The molecule has 4 amide bonds. The zero-order chi connectivity index (χ0) is 24.1. The summed E-state index contributed by atoms with van der Waals surface area (Å²) in [5.41, 5.74) is 2.02. The number of likely N-dealkylation sites (N-methyl/N-ethyl adjacent to an activating group) is 1. The van der Waals surface area contributed by atoms with Gasteiger partial charge in [-0.15, -0.1) is 0 Å². The molecular formula is C21H24ClN7O4. The number of carbonyl (C=O) groups is 4. The standard InChI is InChI=1S/C21H24ClN7O4/c1-28(2)21(33)15(9-24-19(31)20(32)27-17-7-5-13(22)8-23-17)26-18(30)14-6-4-12-10-29(3)11-16(12)25-14/h4-8,15H,9-11H2,1-3H3,(H,24,31)(H,26,30)(H,23,27,32). The zero-order valence-electron chi connectivity index (χ0n) is 18.4. The maximum absolute atomic E-state index is 12.7. The lowest BCUT2D eigenvalue weighted by atomic mass is 10.2. The van der Waals surface area contributed by atoms with Crippen LogP contribution in [0.25, 0.3) is 0 Å². The maximum Gasteiger partial charge on any atom is 0.314 e. The number of nitrogens with one attached hydrogen (secondary N) is 3. The number of fused-ring (bicyclic) bond motifs is 1. The second-order valence-corrected chi connectivity index (χ2v) is 8.20. The van der Waals surface area contributed by atoms with Crippen molar-refractivity contribution in [3.05, 3.63) is 52.4 Å². The van der Waals surface area contributed by atoms with Gasteiger partial charge in [-0.25, -0.2) is 9.97 Å². The number of halogens is 1. The van der Waals surface area contributed by atoms with Crippen molar-refractivity contribution in [2.75, 3.05) is 33.0 Å². The van der Waals surface area contributed by atoms with Crippen LogP contribution >= 0.6 is 11.6 Å². The first kappa shape index (κ1) is 24.1. The molecule has 174 valence electrons. The largest absolute Gasteiger partial charge is 0.347 e. The number of hydrogen-bond acceptors (Lipinski definition) is 7. The van der Waals surface area contributed by atoms with Gasteiger partial charge in [-0.05, 0) is 30.8 Å². The Hall–Kier alpha value is -3.57. The Kier molecular flexibility index (Phi) is 7.56. The van der Waals surface area contributed by atoms with Gasteiger partial charge in [0.05, 0.1) is 10.7 Å². The Morgan fingerprint density at radius 1 is 1.12 bits per heavy atom. The summed E-state index contributed by atoms with van der Waals surface area (Å²) >= 11 is 5.74. The summed E-state index contributed by atoms with van der Waals surface area (Å²) in [6.45, 7) is 1.09. The van der Waals surface area contributed by atoms with Gasteiger partial charge in [0, 0.05) is 39.9 Å². The minimum absolute atomic E-state index is 0.141. The smallest absolute Gasteiger partial charge is 0.314 e. The van der Waals surface area contributed by atoms with Gasteiger partial charge in [0.25, 0.3) is 5.91 Å². The molecule has 0 bridgehead atoms. The second kappa shape index (κ2) is 10.4. The maximum atomic E-state index is 12.7. The molecule has 1 unspecified atom stereocenters. The summed E-state index contributed by atoms with van der Waals surface area (Å²) in [6.07, 6.45) is 1.32. The molecule has 3 heterocycles. The fourth-order valence-corrected chi connectivity index (χ4v) is 3.29. The molecular weight excluding hydrogens is 450 g/mol. The number of anilines is 1. The van der Waals surface area contributed by atoms with Gasteiger partial charge in [0.15, 0.2) is 0 Å². The second-order valence-electron chi connectivity index (χ2n) is 7.76. The first-order valence-corrected chi connectivity index (χ1v) is 10.4. The monoisotopic (exact) mass is 473 g/mol. The number of nitrogens with zero attached hydrogens (tertiary/aromatic N) is 4. The van der Waals surface area contributed by atoms with E-state index in [0.717, 1.165) is 17.8 Å². The van der Waals surface area contributed by atoms with E-state index in [1.165, 1.54) is 37.3 Å². The minimum atomic E-state index is -1.10. The Morgan fingerprint density at radius 2 is 1.88 bits per heavy atom. The highest BCUT2D eigenvalue weighted by atomic mass is 35.5. The van der Waals surface area contributed by atoms with Crippen molar-refractivity contribution in [2.24, 2.45) is 0 Å². The molecule has 0 saturated carbocycles. The molecule has 0 spiro atoms. The summed E-state index contributed by atoms with van der Waals surface area (Å²) in [7, 11) is 4.99. The van der Waals surface area contributed by atoms with Crippen molar-refractivity contribution in [2.45, 2.75) is 19.1 Å². The third-order valence-corrected chi connectivity index (χ3v) is 5.07. The normalized spacial score (nSPS) is 13.6. The average Bonchev–Trinajstić information content (AvgIpc) is 3.16. The van der Waals surface area contributed by atoms with Crippen molar-refractivity contribution >= 4 is 41.0 Å². The van der Waals surface area contributed by atoms with Crippen LogP contribution < -0.4 is 16.0 Å². The summed E-state index contributed by atoms with van der Waals surface area (Å²) in [4.78, 5) is 61.2. The van der Waals surface area contributed by atoms with E-state index >= 15 is 0 Å². The van der Waals surface area contributed by atoms with E-state index in [1.54, 1.807) is 6.07 Å². The molecule has 2 aromatic rings. The van der Waals surface area contributed by atoms with Crippen molar-refractivity contribution in [3.8, 4) is 0 Å². The molecule has 1 atom stereocenters. The fraction of sp³-hybridized carbons (Fsp3) is 0.333. The highest BCUT2D eigenvalue weighted by Gasteiger charge is 2.26. The topological polar surface area (TPSA) is 137 Å². The molecule has 0 fully saturated rings. The van der Waals surface area contributed by atoms with Crippen molar-refractivity contribution in [1.82, 2.24) is 30.4 Å². The number of aromatic nitrogens is 2. The number of hydrogen-bond donors (Lipinski definition) is 3. The summed E-state index contributed by atoms with van der Waals surface area (Å²) in [5.74, 6) is -2.84. The highest BCUT2D eigenvalue weighted by Crippen LogP contribution is 2.19. The molecule has 0 radical (unpaired) electrons. The van der Waals surface area contributed by atoms with E-state index in [9.17, 15) is 19.2 Å².